The fourth-order valence-electron chi connectivity index (χ4n) is 1.73. The van der Waals surface area contributed by atoms with Gasteiger partial charge in [0.05, 0.1) is 6.10 Å². The van der Waals surface area contributed by atoms with E-state index in [0.717, 1.165) is 5.56 Å². The molecule has 112 valence electrons. The van der Waals surface area contributed by atoms with Crippen molar-refractivity contribution < 1.29 is 19.7 Å². The number of hydrogen-bond donors (Lipinski definition) is 3. The zero-order valence-electron chi connectivity index (χ0n) is 12.4. The molecule has 0 heterocycles. The SMILES string of the molecule is C[C@@H](O)[C@@H](O)c1ccccc1CNC(=O)OC(C)(C)C. The van der Waals surface area contributed by atoms with E-state index in [1.807, 2.05) is 6.07 Å². The Morgan fingerprint density at radius 3 is 2.45 bits per heavy atom. The number of carbonyl (C=O) groups excluding carboxylic acids is 1. The number of amides is 1. The molecule has 5 heteroatoms. The number of aliphatic hydroxyl groups excluding tert-OH is 2. The summed E-state index contributed by atoms with van der Waals surface area (Å²) in [6.45, 7) is 7.12. The lowest BCUT2D eigenvalue weighted by molar-refractivity contribution is 0.0297. The predicted octanol–water partition coefficient (Wildman–Crippen LogP) is 2.13. The third-order valence-corrected chi connectivity index (χ3v) is 2.65. The lowest BCUT2D eigenvalue weighted by Crippen LogP contribution is -2.32. The Bertz CT molecular complexity index is 451. The molecular weight excluding hydrogens is 258 g/mol. The second-order valence-corrected chi connectivity index (χ2v) is 5.74. The summed E-state index contributed by atoms with van der Waals surface area (Å²) in [4.78, 5) is 11.6. The van der Waals surface area contributed by atoms with Gasteiger partial charge in [-0.3, -0.25) is 0 Å². The molecule has 0 spiro atoms. The van der Waals surface area contributed by atoms with Gasteiger partial charge in [-0.15, -0.1) is 0 Å². The van der Waals surface area contributed by atoms with E-state index in [4.69, 9.17) is 4.74 Å². The Labute approximate surface area is 119 Å². The first-order chi connectivity index (χ1) is 9.20. The molecule has 0 unspecified atom stereocenters. The minimum absolute atomic E-state index is 0.231. The van der Waals surface area contributed by atoms with Crippen LogP contribution in [0.1, 0.15) is 44.9 Å². The highest BCUT2D eigenvalue weighted by molar-refractivity contribution is 5.67. The van der Waals surface area contributed by atoms with E-state index in [-0.39, 0.29) is 6.54 Å². The van der Waals surface area contributed by atoms with Crippen LogP contribution in [0.25, 0.3) is 0 Å². The van der Waals surface area contributed by atoms with E-state index in [9.17, 15) is 15.0 Å². The average Bonchev–Trinajstić information content (AvgIpc) is 2.33. The average molecular weight is 281 g/mol. The molecule has 1 aromatic carbocycles. The zero-order valence-corrected chi connectivity index (χ0v) is 12.4. The smallest absolute Gasteiger partial charge is 0.407 e. The first kappa shape index (κ1) is 16.5. The summed E-state index contributed by atoms with van der Waals surface area (Å²) in [6.07, 6.45) is -2.37. The summed E-state index contributed by atoms with van der Waals surface area (Å²) in [6, 6.07) is 7.10. The predicted molar refractivity (Wildman–Crippen MR) is 76.2 cm³/mol. The van der Waals surface area contributed by atoms with Crippen molar-refractivity contribution in [3.05, 3.63) is 35.4 Å². The van der Waals surface area contributed by atoms with Crippen molar-refractivity contribution in [2.75, 3.05) is 0 Å². The molecule has 0 aromatic heterocycles. The van der Waals surface area contributed by atoms with Gasteiger partial charge in [0, 0.05) is 6.54 Å². The lowest BCUT2D eigenvalue weighted by Gasteiger charge is -2.21. The number of rotatable bonds is 4. The van der Waals surface area contributed by atoms with Crippen LogP contribution in [0.15, 0.2) is 24.3 Å². The van der Waals surface area contributed by atoms with Crippen LogP contribution in [0.5, 0.6) is 0 Å². The monoisotopic (exact) mass is 281 g/mol. The summed E-state index contributed by atoms with van der Waals surface area (Å²) in [5.74, 6) is 0. The molecule has 0 saturated carbocycles. The Morgan fingerprint density at radius 2 is 1.90 bits per heavy atom. The van der Waals surface area contributed by atoms with Crippen LogP contribution in [0.4, 0.5) is 4.79 Å². The van der Waals surface area contributed by atoms with Gasteiger partial charge in [-0.05, 0) is 38.8 Å². The summed E-state index contributed by atoms with van der Waals surface area (Å²) >= 11 is 0. The van der Waals surface area contributed by atoms with E-state index in [1.165, 1.54) is 6.92 Å². The van der Waals surface area contributed by atoms with E-state index >= 15 is 0 Å². The fourth-order valence-corrected chi connectivity index (χ4v) is 1.73. The van der Waals surface area contributed by atoms with E-state index < -0.39 is 23.9 Å². The van der Waals surface area contributed by atoms with Crippen LogP contribution in [-0.2, 0) is 11.3 Å². The van der Waals surface area contributed by atoms with Crippen molar-refractivity contribution in [2.45, 2.75) is 52.0 Å². The largest absolute Gasteiger partial charge is 0.444 e. The second kappa shape index (κ2) is 6.72. The normalized spacial score (nSPS) is 14.5. The zero-order chi connectivity index (χ0) is 15.3. The van der Waals surface area contributed by atoms with Gasteiger partial charge in [-0.25, -0.2) is 4.79 Å². The van der Waals surface area contributed by atoms with Crippen LogP contribution in [-0.4, -0.2) is 28.0 Å². The Hall–Kier alpha value is -1.59. The van der Waals surface area contributed by atoms with Crippen LogP contribution in [0.3, 0.4) is 0 Å². The van der Waals surface area contributed by atoms with Gasteiger partial charge >= 0.3 is 6.09 Å². The number of hydrogen-bond acceptors (Lipinski definition) is 4. The van der Waals surface area contributed by atoms with Gasteiger partial charge in [0.1, 0.15) is 11.7 Å². The van der Waals surface area contributed by atoms with Crippen molar-refractivity contribution in [3.63, 3.8) is 0 Å². The van der Waals surface area contributed by atoms with Gasteiger partial charge in [0.2, 0.25) is 0 Å². The number of ether oxygens (including phenoxy) is 1. The van der Waals surface area contributed by atoms with Gasteiger partial charge in [0.15, 0.2) is 0 Å². The summed E-state index contributed by atoms with van der Waals surface area (Å²) in [5.41, 5.74) is 0.785. The highest BCUT2D eigenvalue weighted by atomic mass is 16.6. The van der Waals surface area contributed by atoms with Gasteiger partial charge in [-0.2, -0.15) is 0 Å². The van der Waals surface area contributed by atoms with Crippen LogP contribution >= 0.6 is 0 Å². The molecule has 5 nitrogen and oxygen atoms in total. The Balaban J connectivity index is 2.71. The number of nitrogens with one attached hydrogen (secondary N) is 1. The number of carbonyl (C=O) groups is 1. The molecule has 2 atom stereocenters. The van der Waals surface area contributed by atoms with Crippen LogP contribution in [0.2, 0.25) is 0 Å². The molecule has 20 heavy (non-hydrogen) atoms. The lowest BCUT2D eigenvalue weighted by atomic mass is 9.99. The maximum Gasteiger partial charge on any atom is 0.407 e. The van der Waals surface area contributed by atoms with E-state index in [1.54, 1.807) is 39.0 Å². The molecule has 0 aliphatic rings. The van der Waals surface area contributed by atoms with Gasteiger partial charge in [0.25, 0.3) is 0 Å². The maximum atomic E-state index is 11.6. The number of alkyl carbamates (subject to hydrolysis) is 1. The van der Waals surface area contributed by atoms with Crippen molar-refractivity contribution >= 4 is 6.09 Å². The quantitative estimate of drug-likeness (QED) is 0.790. The molecule has 1 rings (SSSR count). The van der Waals surface area contributed by atoms with Crippen molar-refractivity contribution in [1.29, 1.82) is 0 Å². The number of aliphatic hydroxyl groups is 2. The highest BCUT2D eigenvalue weighted by Gasteiger charge is 2.19. The van der Waals surface area contributed by atoms with Crippen molar-refractivity contribution in [3.8, 4) is 0 Å². The molecule has 1 amide bonds. The standard InChI is InChI=1S/C15H23NO4/c1-10(17)13(18)12-8-6-5-7-11(12)9-16-14(19)20-15(2,3)4/h5-8,10,13,17-18H,9H2,1-4H3,(H,16,19)/t10-,13-/m1/s1. The van der Waals surface area contributed by atoms with Crippen molar-refractivity contribution in [2.24, 2.45) is 0 Å². The first-order valence-electron chi connectivity index (χ1n) is 6.61. The molecule has 0 aliphatic carbocycles. The fraction of sp³-hybridized carbons (Fsp3) is 0.533. The minimum atomic E-state index is -0.980. The molecular formula is C15H23NO4. The Morgan fingerprint density at radius 1 is 1.30 bits per heavy atom. The highest BCUT2D eigenvalue weighted by Crippen LogP contribution is 2.21. The van der Waals surface area contributed by atoms with Crippen LogP contribution in [0, 0.1) is 0 Å². The third kappa shape index (κ3) is 5.19. The topological polar surface area (TPSA) is 78.8 Å². The first-order valence-corrected chi connectivity index (χ1v) is 6.61. The second-order valence-electron chi connectivity index (χ2n) is 5.74. The van der Waals surface area contributed by atoms with Gasteiger partial charge in [-0.1, -0.05) is 24.3 Å². The number of benzene rings is 1. The van der Waals surface area contributed by atoms with E-state index in [2.05, 4.69) is 5.32 Å². The molecule has 1 aromatic rings. The van der Waals surface area contributed by atoms with Crippen molar-refractivity contribution in [1.82, 2.24) is 5.32 Å². The molecule has 3 N–H and O–H groups in total. The van der Waals surface area contributed by atoms with E-state index in [0.29, 0.717) is 5.56 Å². The minimum Gasteiger partial charge on any atom is -0.444 e. The Kier molecular flexibility index (Phi) is 5.53. The molecule has 0 fully saturated rings. The van der Waals surface area contributed by atoms with Gasteiger partial charge < -0.3 is 20.3 Å². The molecule has 0 aliphatic heterocycles. The summed E-state index contributed by atoms with van der Waals surface area (Å²) in [5, 5.41) is 22.0. The summed E-state index contributed by atoms with van der Waals surface area (Å²) in [7, 11) is 0. The summed E-state index contributed by atoms with van der Waals surface area (Å²) < 4.78 is 5.15. The third-order valence-electron chi connectivity index (χ3n) is 2.65. The molecule has 0 saturated heterocycles. The molecule has 0 radical (unpaired) electrons. The maximum absolute atomic E-state index is 11.6. The molecule has 0 bridgehead atoms. The van der Waals surface area contributed by atoms with Crippen LogP contribution < -0.4 is 5.32 Å².